The Bertz CT molecular complexity index is 3070. The first-order chi connectivity index (χ1) is 50.8. The molecule has 0 radical (unpaired) electrons. The lowest BCUT2D eigenvalue weighted by Gasteiger charge is -2.23. The van der Waals surface area contributed by atoms with E-state index in [2.05, 4.69) is 54.0 Å². The fourth-order valence-corrected chi connectivity index (χ4v) is 17.2. The minimum Gasteiger partial charge on any atom is -0.481 e. The highest BCUT2D eigenvalue weighted by atomic mass is 33.1. The van der Waals surface area contributed by atoms with E-state index in [-0.39, 0.29) is 129 Å². The van der Waals surface area contributed by atoms with Crippen molar-refractivity contribution in [3.63, 3.8) is 0 Å². The van der Waals surface area contributed by atoms with E-state index >= 15 is 0 Å². The lowest BCUT2D eigenvalue weighted by Crippen LogP contribution is -2.46. The van der Waals surface area contributed by atoms with Gasteiger partial charge in [0, 0.05) is 98.8 Å². The summed E-state index contributed by atoms with van der Waals surface area (Å²) in [6.45, 7) is 30.9. The number of methoxy groups -OCH3 is 2. The van der Waals surface area contributed by atoms with E-state index in [1.807, 2.05) is 62.3 Å². The fraction of sp³-hybridized carbons (Fsp3) is 0.727. The number of hydrogen-bond acceptors (Lipinski definition) is 35. The average molecular weight is 1790 g/mol. The van der Waals surface area contributed by atoms with Gasteiger partial charge in [-0.1, -0.05) is 174 Å². The van der Waals surface area contributed by atoms with Gasteiger partial charge in [-0.25, -0.2) is 19.2 Å². The zero-order valence-corrected chi connectivity index (χ0v) is 74.9. The van der Waals surface area contributed by atoms with Gasteiger partial charge in [0.15, 0.2) is 23.1 Å². The summed E-state index contributed by atoms with van der Waals surface area (Å²) in [5.74, 6) is -7.14. The largest absolute Gasteiger partial charge is 0.481 e. The molecule has 8 atom stereocenters. The number of nitrogens with two attached hydrogens (primary N) is 2. The Kier molecular flexibility index (Phi) is 59.5. The fourth-order valence-electron chi connectivity index (χ4n) is 6.48. The lowest BCUT2D eigenvalue weighted by atomic mass is 10.1. The molecule has 638 valence electrons. The summed E-state index contributed by atoms with van der Waals surface area (Å²) in [7, 11) is 11.4. The molecule has 0 aromatic heterocycles. The predicted molar refractivity (Wildman–Crippen MR) is 448 cm³/mol. The third-order valence-corrected chi connectivity index (χ3v) is 25.7. The molecule has 45 heteroatoms. The number of carbonyl (C=O) groups excluding carboxylic acids is 14. The molecule has 111 heavy (non-hydrogen) atoms. The molecule has 0 fully saturated rings. The Morgan fingerprint density at radius 2 is 0.649 bits per heavy atom. The van der Waals surface area contributed by atoms with Crippen LogP contribution in [0.1, 0.15) is 169 Å². The third kappa shape index (κ3) is 68.0. The van der Waals surface area contributed by atoms with Crippen LogP contribution in [0.3, 0.4) is 0 Å². The maximum atomic E-state index is 12.6. The minimum atomic E-state index is -1.38. The molecule has 0 heterocycles. The van der Waals surface area contributed by atoms with Crippen LogP contribution >= 0.6 is 124 Å². The van der Waals surface area contributed by atoms with Gasteiger partial charge >= 0.3 is 48.0 Å². The number of hydrogen-bond donors (Lipinski definition) is 13. The molecule has 0 saturated heterocycles. The van der Waals surface area contributed by atoms with Crippen LogP contribution in [0.15, 0.2) is 0 Å². The van der Waals surface area contributed by atoms with E-state index in [1.54, 1.807) is 63.1 Å². The highest BCUT2D eigenvalue weighted by molar-refractivity contribution is 8.77. The molecule has 0 rings (SSSR count). The van der Waals surface area contributed by atoms with Crippen LogP contribution in [0, 0.1) is 0 Å². The molecule has 0 aromatic rings. The number of thioether (sulfide) groups is 4. The number of carboxylic acid groups (broad SMARTS) is 4. The highest BCUT2D eigenvalue weighted by Crippen LogP contribution is 2.37. The molecular weight excluding hydrogens is 1670 g/mol. The van der Waals surface area contributed by atoms with Crippen LogP contribution in [-0.2, 0) is 76.5 Å². The highest BCUT2D eigenvalue weighted by Gasteiger charge is 2.32. The summed E-state index contributed by atoms with van der Waals surface area (Å²) < 4.78 is 19.3. The zero-order valence-electron chi connectivity index (χ0n) is 65.9. The first-order valence-corrected chi connectivity index (χ1v) is 45.2. The molecule has 0 spiro atoms. The van der Waals surface area contributed by atoms with Crippen LogP contribution < -0.4 is 43.4 Å². The van der Waals surface area contributed by atoms with Crippen LogP contribution in [-0.4, -0.2) is 258 Å². The second-order valence-electron chi connectivity index (χ2n) is 28.2. The lowest BCUT2D eigenvalue weighted by molar-refractivity contribution is -0.143. The van der Waals surface area contributed by atoms with Gasteiger partial charge in [0.2, 0.25) is 0 Å². The first-order valence-electron chi connectivity index (χ1n) is 33.7. The molecule has 0 unspecified atom stereocenters. The SMILES string of the molecule is CC(=O)CCC(=O)[C@H](CS)NC(=O)SC[C@H](N)C(=O)O.CC(=O)CCC(=O)[C@H](CSSC(C)(C)C)NC(=O)SC[C@H](N)C(=O)O.CC(C)(C)OC(=O)N[C@@H](CSC(=O)N[C@@H](CSSC(C)(C)C)C(=O)CCC(=O)O)C(=O)O.COC(=O)CCC(=O)[C@H](CSSC(C)(C)C)NC(=O)SC[C@H](NC(=O)OC(C)(C)C)C(=O)OC. The second kappa shape index (κ2) is 58.8. The van der Waals surface area contributed by atoms with Crippen molar-refractivity contribution in [3.05, 3.63) is 0 Å². The van der Waals surface area contributed by atoms with E-state index in [0.717, 1.165) is 30.6 Å². The van der Waals surface area contributed by atoms with Gasteiger partial charge in [0.05, 0.1) is 51.2 Å². The van der Waals surface area contributed by atoms with Gasteiger partial charge in [0.25, 0.3) is 21.0 Å². The van der Waals surface area contributed by atoms with Gasteiger partial charge in [-0.2, -0.15) is 12.6 Å². The number of nitrogens with one attached hydrogen (secondary N) is 6. The molecule has 34 nitrogen and oxygen atoms in total. The smallest absolute Gasteiger partial charge is 0.408 e. The number of ether oxygens (including phenoxy) is 4. The molecule has 0 saturated carbocycles. The van der Waals surface area contributed by atoms with E-state index in [4.69, 9.17) is 36.3 Å². The van der Waals surface area contributed by atoms with E-state index in [1.165, 1.54) is 64.1 Å². The Morgan fingerprint density at radius 3 is 0.919 bits per heavy atom. The Labute approximate surface area is 695 Å². The standard InChI is InChI=1S/C21H36N2O8S3.C19H32N2O8S3.C15H26N2O5S3.C11H18N2O5S2/c1-20(2,3)31-18(27)22-14(17(26)30-8)11-32-19(28)23-13(12-33-34-21(4,5)6)15(24)9-10-16(25)29-7;1-18(2,3)29-16(27)20-12(15(25)26)9-30-17(28)21-11(10-31-32-19(4,5)6)13(22)7-8-14(23)24;1-9(18)5-6-12(19)11(8-24-25-15(2,3)4)17-14(22)23-7-10(16)13(20)21;1-6(14)2-3-9(15)8(4-19)13-11(18)20-5-7(12)10(16)17/h13-14H,9-12H2,1-8H3,(H,22,27)(H,23,28);11-12H,7-10H2,1-6H3,(H,20,27)(H,21,28)(H,23,24)(H,25,26);10-11H,5-8,16H2,1-4H3,(H,17,22)(H,20,21);7-8,19H,2-5,12H2,1H3,(H,13,18)(H,16,17)/t13-,14-;11-,12-;10-,11-;7-,8-/m0000/s1. The molecule has 6 amide bonds. The van der Waals surface area contributed by atoms with Crippen LogP contribution in [0.4, 0.5) is 28.8 Å². The maximum absolute atomic E-state index is 12.6. The van der Waals surface area contributed by atoms with Gasteiger partial charge in [-0.15, -0.1) is 0 Å². The van der Waals surface area contributed by atoms with Crippen molar-refractivity contribution in [2.45, 2.75) is 243 Å². The van der Waals surface area contributed by atoms with Crippen molar-refractivity contribution in [2.75, 3.05) is 60.2 Å². The summed E-state index contributed by atoms with van der Waals surface area (Å²) in [6.07, 6.45) is -2.13. The second-order valence-corrected chi connectivity index (χ2v) is 42.0. The number of esters is 2. The number of aliphatic carboxylic acids is 4. The number of thiol groups is 1. The van der Waals surface area contributed by atoms with E-state index < -0.39 is 134 Å². The summed E-state index contributed by atoms with van der Waals surface area (Å²) >= 11 is 6.70. The zero-order chi connectivity index (χ0) is 87.0. The van der Waals surface area contributed by atoms with Crippen molar-refractivity contribution in [1.82, 2.24) is 31.9 Å². The Morgan fingerprint density at radius 1 is 0.360 bits per heavy atom. The average Bonchev–Trinajstić information content (AvgIpc) is 0.912. The quantitative estimate of drug-likeness (QED) is 0.0117. The number of amides is 6. The summed E-state index contributed by atoms with van der Waals surface area (Å²) in [6, 6.07) is -8.07. The third-order valence-electron chi connectivity index (χ3n) is 11.7. The van der Waals surface area contributed by atoms with Crippen LogP contribution in [0.5, 0.6) is 0 Å². The number of ketones is 6. The van der Waals surface area contributed by atoms with Crippen molar-refractivity contribution in [3.8, 4) is 0 Å². The number of alkyl carbamates (subject to hydrolysis) is 2. The van der Waals surface area contributed by atoms with Crippen molar-refractivity contribution in [2.24, 2.45) is 11.5 Å². The van der Waals surface area contributed by atoms with E-state index in [0.29, 0.717) is 35.0 Å². The monoisotopic (exact) mass is 1780 g/mol. The summed E-state index contributed by atoms with van der Waals surface area (Å²) in [5.41, 5.74) is 9.02. The number of Topliss-reactive ketones (excluding diaryl/α,β-unsaturated/α-hetero) is 6. The predicted octanol–water partition coefficient (Wildman–Crippen LogP) is 9.36. The molecule has 14 N–H and O–H groups in total. The first kappa shape index (κ1) is 112. The van der Waals surface area contributed by atoms with Crippen molar-refractivity contribution < 1.29 is 126 Å². The van der Waals surface area contributed by atoms with Gasteiger partial charge in [-0.05, 0) is 55.4 Å². The Balaban J connectivity index is -0.000000700. The minimum absolute atomic E-state index is 0.00463. The van der Waals surface area contributed by atoms with Crippen molar-refractivity contribution in [1.29, 1.82) is 0 Å². The summed E-state index contributed by atoms with van der Waals surface area (Å²) in [5, 5.41) is 47.9. The van der Waals surface area contributed by atoms with E-state index in [9.17, 15) is 91.4 Å². The molecule has 0 aliphatic heterocycles. The summed E-state index contributed by atoms with van der Waals surface area (Å²) in [4.78, 5) is 210. The maximum Gasteiger partial charge on any atom is 0.408 e. The molecule has 0 aliphatic rings. The number of rotatable bonds is 44. The molecule has 0 aromatic carbocycles. The molecule has 0 aliphatic carbocycles. The molecular formula is C66H112N8O26S11. The normalized spacial score (nSPS) is 13.5. The van der Waals surface area contributed by atoms with Gasteiger partial charge in [0.1, 0.15) is 46.9 Å². The topological polar surface area (TPSA) is 549 Å². The van der Waals surface area contributed by atoms with Gasteiger partial charge in [-0.3, -0.25) is 57.5 Å². The number of carboxylic acids is 4. The Hall–Kier alpha value is -4.97. The van der Waals surface area contributed by atoms with Crippen molar-refractivity contribution >= 4 is 228 Å². The van der Waals surface area contributed by atoms with Crippen LogP contribution in [0.25, 0.3) is 0 Å². The molecule has 0 bridgehead atoms. The van der Waals surface area contributed by atoms with Crippen LogP contribution in [0.2, 0.25) is 0 Å². The number of carbonyl (C=O) groups is 18. The van der Waals surface area contributed by atoms with Gasteiger partial charge < -0.3 is 92.3 Å².